The van der Waals surface area contributed by atoms with Gasteiger partial charge >= 0.3 is 0 Å². The van der Waals surface area contributed by atoms with Crippen molar-refractivity contribution >= 4 is 26.6 Å². The van der Waals surface area contributed by atoms with Crippen LogP contribution in [0.25, 0.3) is 16.7 Å². The molecule has 0 spiro atoms. The molecule has 9 nitrogen and oxygen atoms in total. The quantitative estimate of drug-likeness (QED) is 0.507. The van der Waals surface area contributed by atoms with Crippen molar-refractivity contribution in [3.63, 3.8) is 0 Å². The molecule has 1 aromatic carbocycles. The highest BCUT2D eigenvalue weighted by Gasteiger charge is 2.25. The number of hydrogen-bond donors (Lipinski definition) is 1. The van der Waals surface area contributed by atoms with Gasteiger partial charge in [-0.2, -0.15) is 10.2 Å². The molecule has 0 atom stereocenters. The van der Waals surface area contributed by atoms with Gasteiger partial charge in [0, 0.05) is 18.6 Å². The van der Waals surface area contributed by atoms with Crippen molar-refractivity contribution in [2.45, 2.75) is 23.7 Å². The van der Waals surface area contributed by atoms with Gasteiger partial charge in [-0.1, -0.05) is 0 Å². The third-order valence-corrected chi connectivity index (χ3v) is 6.44. The fourth-order valence-corrected chi connectivity index (χ4v) is 4.43. The number of nitrogens with one attached hydrogen (secondary N) is 1. The molecule has 1 saturated carbocycles. The Kier molecular flexibility index (Phi) is 3.52. The largest absolute Gasteiger partial charge is 0.494 e. The molecule has 1 N–H and O–H groups in total. The molecule has 1 aliphatic carbocycles. The summed E-state index contributed by atoms with van der Waals surface area (Å²) >= 11 is 0. The number of benzene rings is 1. The van der Waals surface area contributed by atoms with E-state index in [2.05, 4.69) is 19.9 Å². The molecule has 4 aromatic rings. The molecular weight excluding hydrogens is 404 g/mol. The van der Waals surface area contributed by atoms with E-state index in [4.69, 9.17) is 8.85 Å². The van der Waals surface area contributed by atoms with E-state index in [0.29, 0.717) is 22.6 Å². The lowest BCUT2D eigenvalue weighted by Gasteiger charge is -2.13. The Morgan fingerprint density at radius 2 is 2.10 bits per heavy atom. The SMILES string of the molecule is [2H]C([2H])([2H])Oc1ccc2cnn(C)c2c1NS(=O)(=O)c1cnn(-c2cc(C3CC3)ccn2)c1. The first kappa shape index (κ1) is 15.4. The second-order valence-electron chi connectivity index (χ2n) is 7.19. The highest BCUT2D eigenvalue weighted by Crippen LogP contribution is 2.40. The lowest BCUT2D eigenvalue weighted by Crippen LogP contribution is -2.14. The van der Waals surface area contributed by atoms with Crippen LogP contribution in [0.1, 0.15) is 28.4 Å². The minimum absolute atomic E-state index is 0.0229. The van der Waals surface area contributed by atoms with Crippen LogP contribution in [-0.4, -0.2) is 40.0 Å². The van der Waals surface area contributed by atoms with Crippen LogP contribution in [0.5, 0.6) is 5.75 Å². The first-order valence-corrected chi connectivity index (χ1v) is 10.8. The Labute approximate surface area is 177 Å². The molecular formula is C20H20N6O3S. The normalized spacial score (nSPS) is 16.1. The number of fused-ring (bicyclic) bond motifs is 1. The summed E-state index contributed by atoms with van der Waals surface area (Å²) in [5.74, 6) is 0.894. The van der Waals surface area contributed by atoms with E-state index in [1.165, 1.54) is 27.8 Å². The van der Waals surface area contributed by atoms with Crippen molar-refractivity contribution in [2.24, 2.45) is 7.05 Å². The Morgan fingerprint density at radius 3 is 2.90 bits per heavy atom. The van der Waals surface area contributed by atoms with E-state index in [-0.39, 0.29) is 16.3 Å². The Bertz CT molecular complexity index is 1460. The number of aromatic nitrogens is 5. The standard InChI is InChI=1S/C20H20N6O3S/c1-25-20-15(10-22-25)5-6-17(29-2)19(20)24-30(27,28)16-11-23-26(12-16)18-9-14(7-8-21-18)13-3-4-13/h5-13,24H,3-4H2,1-2H3/i2D3. The van der Waals surface area contributed by atoms with Crippen LogP contribution in [0.2, 0.25) is 0 Å². The molecule has 0 radical (unpaired) electrons. The number of nitrogens with zero attached hydrogens (tertiary/aromatic N) is 5. The van der Waals surface area contributed by atoms with Crippen LogP contribution in [0.4, 0.5) is 5.69 Å². The predicted molar refractivity (Wildman–Crippen MR) is 111 cm³/mol. The van der Waals surface area contributed by atoms with Gasteiger partial charge in [0.25, 0.3) is 10.0 Å². The zero-order valence-corrected chi connectivity index (χ0v) is 16.8. The van der Waals surface area contributed by atoms with Crippen molar-refractivity contribution in [1.82, 2.24) is 24.5 Å². The fraction of sp³-hybridized carbons (Fsp3) is 0.250. The van der Waals surface area contributed by atoms with Crippen LogP contribution >= 0.6 is 0 Å². The van der Waals surface area contributed by atoms with Gasteiger partial charge in [-0.3, -0.25) is 9.40 Å². The molecule has 1 aliphatic rings. The third kappa shape index (κ3) is 3.18. The summed E-state index contributed by atoms with van der Waals surface area (Å²) in [5.41, 5.74) is 1.50. The maximum atomic E-state index is 13.2. The van der Waals surface area contributed by atoms with Crippen molar-refractivity contribution in [1.29, 1.82) is 0 Å². The Balaban J connectivity index is 1.52. The van der Waals surface area contributed by atoms with Gasteiger partial charge < -0.3 is 4.74 Å². The average molecular weight is 428 g/mol. The maximum Gasteiger partial charge on any atom is 0.265 e. The van der Waals surface area contributed by atoms with E-state index in [0.717, 1.165) is 18.4 Å². The molecule has 154 valence electrons. The second-order valence-corrected chi connectivity index (χ2v) is 8.88. The summed E-state index contributed by atoms with van der Waals surface area (Å²) in [6, 6.07) is 6.85. The topological polar surface area (TPSA) is 104 Å². The highest BCUT2D eigenvalue weighted by molar-refractivity contribution is 7.92. The molecule has 30 heavy (non-hydrogen) atoms. The molecule has 0 amide bonds. The zero-order valence-electron chi connectivity index (χ0n) is 19.0. The number of rotatable bonds is 6. The maximum absolute atomic E-state index is 13.2. The Hall–Kier alpha value is -3.40. The highest BCUT2D eigenvalue weighted by atomic mass is 32.2. The first-order chi connectivity index (χ1) is 15.6. The minimum atomic E-state index is -4.14. The molecule has 3 heterocycles. The summed E-state index contributed by atoms with van der Waals surface area (Å²) in [6.45, 7) is 0. The number of pyridine rings is 1. The first-order valence-electron chi connectivity index (χ1n) is 10.8. The lowest BCUT2D eigenvalue weighted by atomic mass is 10.2. The lowest BCUT2D eigenvalue weighted by molar-refractivity contribution is 0.417. The smallest absolute Gasteiger partial charge is 0.265 e. The molecule has 3 aromatic heterocycles. The molecule has 5 rings (SSSR count). The molecule has 1 fully saturated rings. The van der Waals surface area contributed by atoms with Crippen LogP contribution in [-0.2, 0) is 17.1 Å². The number of sulfonamides is 1. The minimum Gasteiger partial charge on any atom is -0.494 e. The van der Waals surface area contributed by atoms with Crippen LogP contribution < -0.4 is 9.46 Å². The molecule has 0 saturated heterocycles. The fourth-order valence-electron chi connectivity index (χ4n) is 3.43. The number of hydrogen-bond acceptors (Lipinski definition) is 6. The van der Waals surface area contributed by atoms with Crippen molar-refractivity contribution < 1.29 is 17.3 Å². The molecule has 0 bridgehead atoms. The number of ether oxygens (including phenoxy) is 1. The summed E-state index contributed by atoms with van der Waals surface area (Å²) < 4.78 is 59.1. The predicted octanol–water partition coefficient (Wildman–Crippen LogP) is 2.84. The van der Waals surface area contributed by atoms with Gasteiger partial charge in [0.2, 0.25) is 0 Å². The van der Waals surface area contributed by atoms with Crippen molar-refractivity contribution in [3.05, 3.63) is 54.6 Å². The van der Waals surface area contributed by atoms with Gasteiger partial charge in [-0.05, 0) is 48.6 Å². The van der Waals surface area contributed by atoms with E-state index >= 15 is 0 Å². The third-order valence-electron chi connectivity index (χ3n) is 5.13. The Morgan fingerprint density at radius 1 is 1.23 bits per heavy atom. The van der Waals surface area contributed by atoms with Crippen LogP contribution in [0.15, 0.2) is 53.9 Å². The van der Waals surface area contributed by atoms with Gasteiger partial charge in [0.05, 0.1) is 35.3 Å². The molecule has 0 unspecified atom stereocenters. The van der Waals surface area contributed by atoms with E-state index in [9.17, 15) is 8.42 Å². The van der Waals surface area contributed by atoms with E-state index in [1.54, 1.807) is 25.5 Å². The number of methoxy groups -OCH3 is 1. The molecule has 10 heteroatoms. The van der Waals surface area contributed by atoms with Crippen LogP contribution in [0, 0.1) is 0 Å². The number of aryl methyl sites for hydroxylation is 1. The number of anilines is 1. The monoisotopic (exact) mass is 427 g/mol. The van der Waals surface area contributed by atoms with Crippen LogP contribution in [0.3, 0.4) is 0 Å². The van der Waals surface area contributed by atoms with E-state index < -0.39 is 17.1 Å². The zero-order chi connectivity index (χ0) is 23.4. The van der Waals surface area contributed by atoms with E-state index in [1.807, 2.05) is 12.1 Å². The summed E-state index contributed by atoms with van der Waals surface area (Å²) in [7, 11) is -5.29. The summed E-state index contributed by atoms with van der Waals surface area (Å²) in [6.07, 6.45) is 8.05. The van der Waals surface area contributed by atoms with Gasteiger partial charge in [-0.15, -0.1) is 0 Å². The van der Waals surface area contributed by atoms with Gasteiger partial charge in [-0.25, -0.2) is 18.1 Å². The second kappa shape index (κ2) is 6.84. The summed E-state index contributed by atoms with van der Waals surface area (Å²) in [5, 5.41) is 8.91. The molecule has 0 aliphatic heterocycles. The summed E-state index contributed by atoms with van der Waals surface area (Å²) in [4.78, 5) is 4.18. The van der Waals surface area contributed by atoms with Crippen molar-refractivity contribution in [2.75, 3.05) is 11.8 Å². The average Bonchev–Trinajstić information content (AvgIpc) is 3.35. The van der Waals surface area contributed by atoms with Crippen molar-refractivity contribution in [3.8, 4) is 11.6 Å². The van der Waals surface area contributed by atoms with Gasteiger partial charge in [0.15, 0.2) is 5.82 Å². The van der Waals surface area contributed by atoms with Gasteiger partial charge in [0.1, 0.15) is 16.3 Å².